The number of H-pyrrole nitrogens is 1. The van der Waals surface area contributed by atoms with Crippen LogP contribution in [-0.2, 0) is 20.7 Å². The van der Waals surface area contributed by atoms with Gasteiger partial charge in [0.15, 0.2) is 0 Å². The molecular formula is C21H26N2O3. The zero-order valence-corrected chi connectivity index (χ0v) is 15.5. The quantitative estimate of drug-likeness (QED) is 0.854. The number of fused-ring (bicyclic) bond motifs is 5. The number of carbonyl (C=O) groups is 2. The highest BCUT2D eigenvalue weighted by Gasteiger charge is 2.47. The maximum Gasteiger partial charge on any atom is 0.305 e. The molecule has 3 heterocycles. The number of rotatable bonds is 3. The van der Waals surface area contributed by atoms with E-state index >= 15 is 0 Å². The highest BCUT2D eigenvalue weighted by Crippen LogP contribution is 2.51. The standard InChI is InChI=1S/C21H26N2O3/c1-21(12-10-18(25)26-2)11-9-17(24)23-13-5-7-15-14-6-3-4-8-16(14)22-19(15)20(21)23/h3-4,6,8,20,22H,5,7,9-13H2,1-2H3/t20-,21+/m0/s1. The zero-order valence-electron chi connectivity index (χ0n) is 15.5. The van der Waals surface area contributed by atoms with Gasteiger partial charge in [-0.2, -0.15) is 0 Å². The van der Waals surface area contributed by atoms with E-state index in [1.54, 1.807) is 0 Å². The van der Waals surface area contributed by atoms with Gasteiger partial charge in [0, 0.05) is 36.0 Å². The maximum absolute atomic E-state index is 12.7. The van der Waals surface area contributed by atoms with Gasteiger partial charge in [-0.05, 0) is 42.7 Å². The van der Waals surface area contributed by atoms with Gasteiger partial charge in [-0.15, -0.1) is 0 Å². The number of ether oxygens (including phenoxy) is 1. The average Bonchev–Trinajstić information content (AvgIpc) is 2.89. The molecule has 0 unspecified atom stereocenters. The summed E-state index contributed by atoms with van der Waals surface area (Å²) in [5.41, 5.74) is 3.51. The monoisotopic (exact) mass is 354 g/mol. The van der Waals surface area contributed by atoms with Crippen LogP contribution in [0.5, 0.6) is 0 Å². The first-order valence-corrected chi connectivity index (χ1v) is 9.49. The summed E-state index contributed by atoms with van der Waals surface area (Å²) in [7, 11) is 1.43. The van der Waals surface area contributed by atoms with Crippen molar-refractivity contribution in [3.8, 4) is 0 Å². The van der Waals surface area contributed by atoms with Gasteiger partial charge in [-0.25, -0.2) is 0 Å². The molecule has 138 valence electrons. The smallest absolute Gasteiger partial charge is 0.305 e. The Hall–Kier alpha value is -2.30. The van der Waals surface area contributed by atoms with E-state index in [0.717, 1.165) is 37.7 Å². The predicted molar refractivity (Wildman–Crippen MR) is 99.7 cm³/mol. The van der Waals surface area contributed by atoms with E-state index < -0.39 is 0 Å². The Labute approximate surface area is 153 Å². The molecule has 1 aromatic heterocycles. The lowest BCUT2D eigenvalue weighted by Crippen LogP contribution is -2.48. The number of hydrogen-bond acceptors (Lipinski definition) is 3. The van der Waals surface area contributed by atoms with Crippen molar-refractivity contribution >= 4 is 22.8 Å². The number of carbonyl (C=O) groups excluding carboxylic acids is 2. The van der Waals surface area contributed by atoms with E-state index in [0.29, 0.717) is 12.8 Å². The summed E-state index contributed by atoms with van der Waals surface area (Å²) in [6, 6.07) is 8.37. The predicted octanol–water partition coefficient (Wildman–Crippen LogP) is 3.74. The Kier molecular flexibility index (Phi) is 4.25. The van der Waals surface area contributed by atoms with Crippen LogP contribution in [0.25, 0.3) is 10.9 Å². The Balaban J connectivity index is 1.80. The molecule has 0 saturated carbocycles. The van der Waals surface area contributed by atoms with Crippen LogP contribution in [0.2, 0.25) is 0 Å². The second-order valence-corrected chi connectivity index (χ2v) is 7.89. The lowest BCUT2D eigenvalue weighted by Gasteiger charge is -2.47. The molecular weight excluding hydrogens is 328 g/mol. The Bertz CT molecular complexity index is 856. The Morgan fingerprint density at radius 2 is 2.15 bits per heavy atom. The summed E-state index contributed by atoms with van der Waals surface area (Å²) >= 11 is 0. The molecule has 2 aliphatic heterocycles. The summed E-state index contributed by atoms with van der Waals surface area (Å²) < 4.78 is 4.86. The molecule has 0 radical (unpaired) electrons. The number of amides is 1. The first-order chi connectivity index (χ1) is 12.5. The Morgan fingerprint density at radius 3 is 2.96 bits per heavy atom. The second-order valence-electron chi connectivity index (χ2n) is 7.89. The molecule has 5 nitrogen and oxygen atoms in total. The van der Waals surface area contributed by atoms with Gasteiger partial charge in [0.1, 0.15) is 0 Å². The normalized spacial score (nSPS) is 25.5. The van der Waals surface area contributed by atoms with Gasteiger partial charge in [-0.3, -0.25) is 9.59 Å². The van der Waals surface area contributed by atoms with Gasteiger partial charge in [0.25, 0.3) is 0 Å². The molecule has 26 heavy (non-hydrogen) atoms. The van der Waals surface area contributed by atoms with Gasteiger partial charge >= 0.3 is 5.97 Å². The molecule has 2 aromatic rings. The molecule has 2 aliphatic rings. The number of piperidine rings is 1. The first-order valence-electron chi connectivity index (χ1n) is 9.49. The molecule has 1 amide bonds. The van der Waals surface area contributed by atoms with Gasteiger partial charge in [-0.1, -0.05) is 25.1 Å². The lowest BCUT2D eigenvalue weighted by molar-refractivity contribution is -0.145. The number of para-hydroxylation sites is 1. The molecule has 1 aromatic carbocycles. The van der Waals surface area contributed by atoms with Crippen LogP contribution in [0.3, 0.4) is 0 Å². The fourth-order valence-corrected chi connectivity index (χ4v) is 4.85. The van der Waals surface area contributed by atoms with Crippen LogP contribution in [0.1, 0.15) is 56.3 Å². The van der Waals surface area contributed by atoms with Crippen LogP contribution in [0.15, 0.2) is 24.3 Å². The molecule has 1 fully saturated rings. The molecule has 5 heteroatoms. The molecule has 2 atom stereocenters. The van der Waals surface area contributed by atoms with E-state index in [1.165, 1.54) is 23.8 Å². The number of aromatic nitrogens is 1. The fraction of sp³-hybridized carbons (Fsp3) is 0.524. The van der Waals surface area contributed by atoms with Crippen molar-refractivity contribution in [1.29, 1.82) is 0 Å². The van der Waals surface area contributed by atoms with E-state index in [9.17, 15) is 9.59 Å². The molecule has 0 bridgehead atoms. The molecule has 1 saturated heterocycles. The molecule has 0 spiro atoms. The third-order valence-electron chi connectivity index (χ3n) is 6.28. The lowest BCUT2D eigenvalue weighted by atomic mass is 9.70. The van der Waals surface area contributed by atoms with E-state index in [2.05, 4.69) is 35.0 Å². The van der Waals surface area contributed by atoms with Gasteiger partial charge < -0.3 is 14.6 Å². The zero-order chi connectivity index (χ0) is 18.3. The maximum atomic E-state index is 12.7. The molecule has 0 aliphatic carbocycles. The summed E-state index contributed by atoms with van der Waals surface area (Å²) in [4.78, 5) is 30.2. The second kappa shape index (κ2) is 6.45. The SMILES string of the molecule is COC(=O)CC[C@@]1(C)CCC(=O)N2CCCc3c([nH]c4ccccc34)[C@H]21. The number of nitrogens with zero attached hydrogens (tertiary/aromatic N) is 1. The summed E-state index contributed by atoms with van der Waals surface area (Å²) in [5, 5.41) is 1.26. The highest BCUT2D eigenvalue weighted by atomic mass is 16.5. The number of methoxy groups -OCH3 is 1. The largest absolute Gasteiger partial charge is 0.469 e. The minimum absolute atomic E-state index is 0.00157. The third-order valence-corrected chi connectivity index (χ3v) is 6.28. The van der Waals surface area contributed by atoms with Crippen LogP contribution in [-0.4, -0.2) is 35.4 Å². The molecule has 4 rings (SSSR count). The van der Waals surface area contributed by atoms with Crippen molar-refractivity contribution in [3.05, 3.63) is 35.5 Å². The van der Waals surface area contributed by atoms with Crippen molar-refractivity contribution in [2.24, 2.45) is 5.41 Å². The molecule has 1 N–H and O–H groups in total. The van der Waals surface area contributed by atoms with Crippen LogP contribution < -0.4 is 0 Å². The summed E-state index contributed by atoms with van der Waals surface area (Å²) in [6.07, 6.45) is 4.43. The topological polar surface area (TPSA) is 62.4 Å². The minimum Gasteiger partial charge on any atom is -0.469 e. The van der Waals surface area contributed by atoms with Crippen LogP contribution >= 0.6 is 0 Å². The van der Waals surface area contributed by atoms with E-state index in [-0.39, 0.29) is 23.3 Å². The number of esters is 1. The first kappa shape index (κ1) is 17.1. The van der Waals surface area contributed by atoms with Crippen LogP contribution in [0.4, 0.5) is 0 Å². The van der Waals surface area contributed by atoms with E-state index in [4.69, 9.17) is 4.74 Å². The number of benzene rings is 1. The highest BCUT2D eigenvalue weighted by molar-refractivity contribution is 5.86. The number of nitrogens with one attached hydrogen (secondary N) is 1. The third kappa shape index (κ3) is 2.70. The number of aromatic amines is 1. The average molecular weight is 354 g/mol. The van der Waals surface area contributed by atoms with Crippen molar-refractivity contribution in [1.82, 2.24) is 9.88 Å². The van der Waals surface area contributed by atoms with Crippen molar-refractivity contribution in [2.75, 3.05) is 13.7 Å². The number of hydrogen-bond donors (Lipinski definition) is 1. The fourth-order valence-electron chi connectivity index (χ4n) is 4.85. The van der Waals surface area contributed by atoms with Crippen molar-refractivity contribution < 1.29 is 14.3 Å². The van der Waals surface area contributed by atoms with Crippen LogP contribution in [0, 0.1) is 5.41 Å². The summed E-state index contributed by atoms with van der Waals surface area (Å²) in [6.45, 7) is 3.01. The minimum atomic E-state index is -0.180. The van der Waals surface area contributed by atoms with E-state index in [1.807, 2.05) is 6.07 Å². The van der Waals surface area contributed by atoms with Gasteiger partial charge in [0.2, 0.25) is 5.91 Å². The van der Waals surface area contributed by atoms with Gasteiger partial charge in [0.05, 0.1) is 13.2 Å². The summed E-state index contributed by atoms with van der Waals surface area (Å²) in [5.74, 6) is 0.0530. The van der Waals surface area contributed by atoms with Crippen molar-refractivity contribution in [2.45, 2.75) is 51.5 Å². The number of aryl methyl sites for hydroxylation is 1. The van der Waals surface area contributed by atoms with Crippen molar-refractivity contribution in [3.63, 3.8) is 0 Å². The Morgan fingerprint density at radius 1 is 1.35 bits per heavy atom.